The van der Waals surface area contributed by atoms with Crippen molar-refractivity contribution in [1.29, 1.82) is 0 Å². The van der Waals surface area contributed by atoms with Gasteiger partial charge in [0.2, 0.25) is 0 Å². The molecule has 0 amide bonds. The molecule has 0 aliphatic carbocycles. The summed E-state index contributed by atoms with van der Waals surface area (Å²) < 4.78 is 30.6. The van der Waals surface area contributed by atoms with Gasteiger partial charge in [0.15, 0.2) is 0 Å². The Labute approximate surface area is 92.4 Å². The molecule has 0 spiro atoms. The Balaban J connectivity index is 3.83. The second kappa shape index (κ2) is 7.19. The van der Waals surface area contributed by atoms with Crippen LogP contribution in [0.4, 0.5) is 0 Å². The summed E-state index contributed by atoms with van der Waals surface area (Å²) in [5.41, 5.74) is 0. The summed E-state index contributed by atoms with van der Waals surface area (Å²) in [4.78, 5) is 0. The lowest BCUT2D eigenvalue weighted by Crippen LogP contribution is -2.20. The van der Waals surface area contributed by atoms with E-state index in [1.54, 1.807) is 6.92 Å². The van der Waals surface area contributed by atoms with E-state index in [2.05, 4.69) is 0 Å². The monoisotopic (exact) mass is 238 g/mol. The molecule has 0 saturated heterocycles. The van der Waals surface area contributed by atoms with Crippen LogP contribution in [-0.2, 0) is 10.1 Å². The van der Waals surface area contributed by atoms with Gasteiger partial charge in [-0.1, -0.05) is 20.3 Å². The SMILES string of the molecule is CCCC(O)CCCC(CC)S(=O)(=O)O. The van der Waals surface area contributed by atoms with Crippen molar-refractivity contribution >= 4 is 10.1 Å². The van der Waals surface area contributed by atoms with Gasteiger partial charge in [-0.05, 0) is 32.1 Å². The summed E-state index contributed by atoms with van der Waals surface area (Å²) in [6.07, 6.45) is 3.44. The average Bonchev–Trinajstić information content (AvgIpc) is 2.10. The first-order valence-electron chi connectivity index (χ1n) is 5.56. The van der Waals surface area contributed by atoms with Gasteiger partial charge < -0.3 is 5.11 Å². The summed E-state index contributed by atoms with van der Waals surface area (Å²) in [7, 11) is -3.91. The zero-order valence-electron chi connectivity index (χ0n) is 9.52. The van der Waals surface area contributed by atoms with Crippen molar-refractivity contribution in [2.24, 2.45) is 0 Å². The van der Waals surface area contributed by atoms with Crippen LogP contribution < -0.4 is 0 Å². The Hall–Kier alpha value is -0.130. The highest BCUT2D eigenvalue weighted by Gasteiger charge is 2.20. The Morgan fingerprint density at radius 3 is 2.13 bits per heavy atom. The Morgan fingerprint density at radius 2 is 1.73 bits per heavy atom. The van der Waals surface area contributed by atoms with Gasteiger partial charge in [0, 0.05) is 0 Å². The predicted molar refractivity (Wildman–Crippen MR) is 60.4 cm³/mol. The first kappa shape index (κ1) is 14.9. The van der Waals surface area contributed by atoms with Crippen LogP contribution in [0, 0.1) is 0 Å². The maximum atomic E-state index is 10.9. The predicted octanol–water partition coefficient (Wildman–Crippen LogP) is 1.98. The molecule has 0 bridgehead atoms. The maximum absolute atomic E-state index is 10.9. The molecule has 0 rings (SSSR count). The number of hydrogen-bond acceptors (Lipinski definition) is 3. The molecule has 92 valence electrons. The normalized spacial score (nSPS) is 16.3. The van der Waals surface area contributed by atoms with Gasteiger partial charge in [0.05, 0.1) is 11.4 Å². The van der Waals surface area contributed by atoms with E-state index in [0.717, 1.165) is 12.8 Å². The molecule has 0 aromatic heterocycles. The highest BCUT2D eigenvalue weighted by atomic mass is 32.2. The molecule has 0 fully saturated rings. The number of hydrogen-bond donors (Lipinski definition) is 2. The van der Waals surface area contributed by atoms with E-state index in [4.69, 9.17) is 4.55 Å². The molecule has 0 aliphatic heterocycles. The van der Waals surface area contributed by atoms with Crippen LogP contribution in [0.3, 0.4) is 0 Å². The summed E-state index contributed by atoms with van der Waals surface area (Å²) in [6.45, 7) is 3.73. The molecule has 2 atom stereocenters. The average molecular weight is 238 g/mol. The Kier molecular flexibility index (Phi) is 7.13. The van der Waals surface area contributed by atoms with Crippen molar-refractivity contribution in [1.82, 2.24) is 0 Å². The zero-order valence-corrected chi connectivity index (χ0v) is 10.3. The maximum Gasteiger partial charge on any atom is 0.267 e. The van der Waals surface area contributed by atoms with Crippen LogP contribution in [-0.4, -0.2) is 29.4 Å². The van der Waals surface area contributed by atoms with E-state index in [9.17, 15) is 13.5 Å². The quantitative estimate of drug-likeness (QED) is 0.634. The van der Waals surface area contributed by atoms with Gasteiger partial charge in [-0.3, -0.25) is 4.55 Å². The van der Waals surface area contributed by atoms with Crippen LogP contribution in [0.2, 0.25) is 0 Å². The van der Waals surface area contributed by atoms with E-state index in [0.29, 0.717) is 25.7 Å². The fourth-order valence-corrected chi connectivity index (χ4v) is 2.51. The lowest BCUT2D eigenvalue weighted by atomic mass is 10.1. The molecule has 2 N–H and O–H groups in total. The third-order valence-electron chi connectivity index (χ3n) is 2.56. The molecule has 15 heavy (non-hydrogen) atoms. The van der Waals surface area contributed by atoms with Crippen LogP contribution in [0.1, 0.15) is 52.4 Å². The highest BCUT2D eigenvalue weighted by molar-refractivity contribution is 7.86. The van der Waals surface area contributed by atoms with E-state index in [-0.39, 0.29) is 6.10 Å². The van der Waals surface area contributed by atoms with Crippen molar-refractivity contribution < 1.29 is 18.1 Å². The van der Waals surface area contributed by atoms with Gasteiger partial charge >= 0.3 is 0 Å². The van der Waals surface area contributed by atoms with Gasteiger partial charge in [0.25, 0.3) is 10.1 Å². The first-order chi connectivity index (χ1) is 6.91. The van der Waals surface area contributed by atoms with Crippen LogP contribution in [0.15, 0.2) is 0 Å². The van der Waals surface area contributed by atoms with E-state index >= 15 is 0 Å². The zero-order chi connectivity index (χ0) is 11.9. The van der Waals surface area contributed by atoms with E-state index < -0.39 is 15.4 Å². The van der Waals surface area contributed by atoms with Crippen molar-refractivity contribution in [2.75, 3.05) is 0 Å². The molecule has 0 aromatic rings. The summed E-state index contributed by atoms with van der Waals surface area (Å²) >= 11 is 0. The van der Waals surface area contributed by atoms with Gasteiger partial charge in [-0.25, -0.2) is 0 Å². The fraction of sp³-hybridized carbons (Fsp3) is 1.00. The molecule has 5 heteroatoms. The molecular weight excluding hydrogens is 216 g/mol. The summed E-state index contributed by atoms with van der Waals surface area (Å²) in [6, 6.07) is 0. The lowest BCUT2D eigenvalue weighted by Gasteiger charge is -2.13. The molecule has 2 unspecified atom stereocenters. The van der Waals surface area contributed by atoms with Gasteiger partial charge in [0.1, 0.15) is 0 Å². The fourth-order valence-electron chi connectivity index (χ4n) is 1.62. The largest absolute Gasteiger partial charge is 0.393 e. The highest BCUT2D eigenvalue weighted by Crippen LogP contribution is 2.14. The van der Waals surface area contributed by atoms with Gasteiger partial charge in [-0.2, -0.15) is 8.42 Å². The number of aliphatic hydroxyl groups is 1. The van der Waals surface area contributed by atoms with E-state index in [1.165, 1.54) is 0 Å². The third-order valence-corrected chi connectivity index (χ3v) is 3.97. The first-order valence-corrected chi connectivity index (χ1v) is 7.06. The van der Waals surface area contributed by atoms with Crippen molar-refractivity contribution in [3.8, 4) is 0 Å². The third kappa shape index (κ3) is 6.87. The minimum absolute atomic E-state index is 0.339. The van der Waals surface area contributed by atoms with Crippen LogP contribution in [0.5, 0.6) is 0 Å². The molecule has 4 nitrogen and oxygen atoms in total. The van der Waals surface area contributed by atoms with Crippen LogP contribution in [0.25, 0.3) is 0 Å². The topological polar surface area (TPSA) is 74.6 Å². The molecule has 0 radical (unpaired) electrons. The van der Waals surface area contributed by atoms with Crippen molar-refractivity contribution in [2.45, 2.75) is 63.7 Å². The van der Waals surface area contributed by atoms with Crippen molar-refractivity contribution in [3.63, 3.8) is 0 Å². The van der Waals surface area contributed by atoms with E-state index in [1.807, 2.05) is 6.92 Å². The molecule has 0 aliphatic rings. The van der Waals surface area contributed by atoms with Crippen LogP contribution >= 0.6 is 0 Å². The smallest absolute Gasteiger partial charge is 0.267 e. The minimum Gasteiger partial charge on any atom is -0.393 e. The van der Waals surface area contributed by atoms with Crippen molar-refractivity contribution in [3.05, 3.63) is 0 Å². The molecule has 0 aromatic carbocycles. The Morgan fingerprint density at radius 1 is 1.13 bits per heavy atom. The second-order valence-corrected chi connectivity index (χ2v) is 5.62. The second-order valence-electron chi connectivity index (χ2n) is 3.92. The molecule has 0 heterocycles. The summed E-state index contributed by atoms with van der Waals surface area (Å²) in [5.74, 6) is 0. The molecular formula is C10H22O4S. The minimum atomic E-state index is -3.91. The lowest BCUT2D eigenvalue weighted by molar-refractivity contribution is 0.150. The molecule has 0 saturated carbocycles. The van der Waals surface area contributed by atoms with Gasteiger partial charge in [-0.15, -0.1) is 0 Å². The number of aliphatic hydroxyl groups excluding tert-OH is 1. The number of rotatable bonds is 8. The standard InChI is InChI=1S/C10H22O4S/c1-3-6-9(11)7-5-8-10(4-2)15(12,13)14/h9-11H,3-8H2,1-2H3,(H,12,13,14). The Bertz CT molecular complexity index is 248. The summed E-state index contributed by atoms with van der Waals surface area (Å²) in [5, 5.41) is 8.75.